The Kier molecular flexibility index (Phi) is 3.22. The summed E-state index contributed by atoms with van der Waals surface area (Å²) in [5, 5.41) is 5.75. The molecule has 0 heterocycles. The summed E-state index contributed by atoms with van der Waals surface area (Å²) >= 11 is 0. The molecular formula is C18H17Si. The van der Waals surface area contributed by atoms with Crippen molar-refractivity contribution in [1.29, 1.82) is 0 Å². The Balaban J connectivity index is 2.14. The molecule has 0 bridgehead atoms. The molecule has 19 heavy (non-hydrogen) atoms. The first kappa shape index (κ1) is 12.2. The van der Waals surface area contributed by atoms with Crippen LogP contribution in [0.1, 0.15) is 5.56 Å². The third-order valence-electron chi connectivity index (χ3n) is 3.64. The van der Waals surface area contributed by atoms with E-state index in [2.05, 4.69) is 80.2 Å². The van der Waals surface area contributed by atoms with E-state index >= 15 is 0 Å². The molecule has 0 aliphatic carbocycles. The van der Waals surface area contributed by atoms with Crippen molar-refractivity contribution in [2.24, 2.45) is 0 Å². The molecule has 3 rings (SSSR count). The number of hydrogen-bond acceptors (Lipinski definition) is 0. The van der Waals surface area contributed by atoms with Crippen molar-refractivity contribution in [3.63, 3.8) is 0 Å². The Labute approximate surface area is 116 Å². The van der Waals surface area contributed by atoms with Gasteiger partial charge < -0.3 is 0 Å². The normalized spacial score (nSPS) is 11.1. The number of fused-ring (bicyclic) bond motifs is 1. The maximum absolute atomic E-state index is 2.39. The standard InChI is InChI=1S/C18H17Si/c1-14-7-5-10-16(13-14)19(2)18-12-6-9-15-8-3-4-11-17(15)18/h3-13H,1-2H3. The first-order valence-corrected chi connectivity index (χ1v) is 8.64. The van der Waals surface area contributed by atoms with E-state index in [1.165, 1.54) is 26.7 Å². The van der Waals surface area contributed by atoms with Gasteiger partial charge in [0.25, 0.3) is 0 Å². The van der Waals surface area contributed by atoms with E-state index in [0.717, 1.165) is 0 Å². The summed E-state index contributed by atoms with van der Waals surface area (Å²) in [4.78, 5) is 0. The average molecular weight is 261 g/mol. The van der Waals surface area contributed by atoms with Gasteiger partial charge in [0.15, 0.2) is 0 Å². The Morgan fingerprint density at radius 1 is 0.789 bits per heavy atom. The number of benzene rings is 3. The van der Waals surface area contributed by atoms with Crippen LogP contribution in [0.3, 0.4) is 0 Å². The number of hydrogen-bond donors (Lipinski definition) is 0. The maximum Gasteiger partial charge on any atom is 0.119 e. The third-order valence-corrected chi connectivity index (χ3v) is 6.07. The molecule has 0 aliphatic rings. The van der Waals surface area contributed by atoms with E-state index in [4.69, 9.17) is 0 Å². The molecule has 0 unspecified atom stereocenters. The summed E-state index contributed by atoms with van der Waals surface area (Å²) in [5.74, 6) is 0. The molecule has 0 spiro atoms. The summed E-state index contributed by atoms with van der Waals surface area (Å²) in [5.41, 5.74) is 1.35. The van der Waals surface area contributed by atoms with Crippen molar-refractivity contribution < 1.29 is 0 Å². The van der Waals surface area contributed by atoms with Crippen LogP contribution >= 0.6 is 0 Å². The van der Waals surface area contributed by atoms with E-state index in [1.54, 1.807) is 0 Å². The van der Waals surface area contributed by atoms with E-state index < -0.39 is 8.80 Å². The highest BCUT2D eigenvalue weighted by molar-refractivity contribution is 6.85. The van der Waals surface area contributed by atoms with Gasteiger partial charge in [-0.1, -0.05) is 84.0 Å². The molecule has 0 amide bonds. The summed E-state index contributed by atoms with van der Waals surface area (Å²) in [6.07, 6.45) is 0. The summed E-state index contributed by atoms with van der Waals surface area (Å²) < 4.78 is 0. The molecule has 0 saturated carbocycles. The molecule has 0 N–H and O–H groups in total. The summed E-state index contributed by atoms with van der Waals surface area (Å²) in [7, 11) is -0.692. The van der Waals surface area contributed by atoms with Gasteiger partial charge in [0, 0.05) is 0 Å². The van der Waals surface area contributed by atoms with Gasteiger partial charge in [-0.05, 0) is 22.9 Å². The second-order valence-corrected chi connectivity index (χ2v) is 7.39. The number of aryl methyl sites for hydroxylation is 1. The van der Waals surface area contributed by atoms with Crippen molar-refractivity contribution in [3.8, 4) is 0 Å². The largest absolute Gasteiger partial charge is 0.119 e. The smallest absolute Gasteiger partial charge is 0.0628 e. The highest BCUT2D eigenvalue weighted by atomic mass is 28.3. The van der Waals surface area contributed by atoms with Gasteiger partial charge in [0.05, 0.1) is 0 Å². The van der Waals surface area contributed by atoms with Crippen LogP contribution in [-0.4, -0.2) is 8.80 Å². The van der Waals surface area contributed by atoms with Crippen molar-refractivity contribution in [3.05, 3.63) is 72.3 Å². The van der Waals surface area contributed by atoms with Crippen molar-refractivity contribution in [2.75, 3.05) is 0 Å². The predicted molar refractivity (Wildman–Crippen MR) is 86.0 cm³/mol. The average Bonchev–Trinajstić information content (AvgIpc) is 2.46. The van der Waals surface area contributed by atoms with Crippen LogP contribution in [0.2, 0.25) is 6.55 Å². The maximum atomic E-state index is 2.39. The second kappa shape index (κ2) is 5.02. The Morgan fingerprint density at radius 3 is 2.37 bits per heavy atom. The lowest BCUT2D eigenvalue weighted by Crippen LogP contribution is -2.39. The molecule has 0 nitrogen and oxygen atoms in total. The van der Waals surface area contributed by atoms with Crippen LogP contribution in [-0.2, 0) is 0 Å². The molecule has 0 saturated heterocycles. The fraction of sp³-hybridized carbons (Fsp3) is 0.111. The van der Waals surface area contributed by atoms with Crippen LogP contribution in [0.15, 0.2) is 66.7 Å². The molecule has 3 aromatic carbocycles. The summed E-state index contributed by atoms with van der Waals surface area (Å²) in [6, 6.07) is 24.3. The first-order chi connectivity index (χ1) is 9.25. The van der Waals surface area contributed by atoms with Crippen LogP contribution in [0.4, 0.5) is 0 Å². The second-order valence-electron chi connectivity index (χ2n) is 5.02. The highest BCUT2D eigenvalue weighted by Crippen LogP contribution is 2.12. The van der Waals surface area contributed by atoms with Crippen LogP contribution < -0.4 is 10.4 Å². The van der Waals surface area contributed by atoms with Gasteiger partial charge >= 0.3 is 0 Å². The predicted octanol–water partition coefficient (Wildman–Crippen LogP) is 3.39. The zero-order valence-corrected chi connectivity index (χ0v) is 12.4. The van der Waals surface area contributed by atoms with Crippen molar-refractivity contribution in [1.82, 2.24) is 0 Å². The molecule has 0 atom stereocenters. The van der Waals surface area contributed by atoms with Crippen molar-refractivity contribution >= 4 is 29.9 Å². The van der Waals surface area contributed by atoms with Gasteiger partial charge in [-0.3, -0.25) is 0 Å². The highest BCUT2D eigenvalue weighted by Gasteiger charge is 2.13. The molecule has 3 aromatic rings. The molecule has 1 heteroatoms. The Hall–Kier alpha value is -1.86. The minimum absolute atomic E-state index is 0.692. The lowest BCUT2D eigenvalue weighted by Gasteiger charge is -2.14. The minimum atomic E-state index is -0.692. The summed E-state index contributed by atoms with van der Waals surface area (Å²) in [6.45, 7) is 4.56. The fourth-order valence-corrected chi connectivity index (χ4v) is 4.67. The molecule has 0 fully saturated rings. The lowest BCUT2D eigenvalue weighted by atomic mass is 10.1. The van der Waals surface area contributed by atoms with E-state index in [9.17, 15) is 0 Å². The van der Waals surface area contributed by atoms with Gasteiger partial charge in [0.1, 0.15) is 8.80 Å². The number of rotatable bonds is 2. The minimum Gasteiger partial charge on any atom is -0.0628 e. The van der Waals surface area contributed by atoms with Crippen LogP contribution in [0, 0.1) is 6.92 Å². The SMILES string of the molecule is Cc1cccc([Si](C)c2cccc3ccccc23)c1. The zero-order valence-electron chi connectivity index (χ0n) is 11.4. The molecule has 1 radical (unpaired) electrons. The van der Waals surface area contributed by atoms with Crippen LogP contribution in [0.25, 0.3) is 10.8 Å². The Morgan fingerprint density at radius 2 is 1.53 bits per heavy atom. The van der Waals surface area contributed by atoms with Gasteiger partial charge in [-0.2, -0.15) is 0 Å². The Bertz CT molecular complexity index is 710. The van der Waals surface area contributed by atoms with E-state index in [-0.39, 0.29) is 0 Å². The van der Waals surface area contributed by atoms with Gasteiger partial charge in [-0.25, -0.2) is 0 Å². The zero-order chi connectivity index (χ0) is 13.2. The van der Waals surface area contributed by atoms with Gasteiger partial charge in [0.2, 0.25) is 0 Å². The monoisotopic (exact) mass is 261 g/mol. The molecular weight excluding hydrogens is 244 g/mol. The van der Waals surface area contributed by atoms with Crippen molar-refractivity contribution in [2.45, 2.75) is 13.5 Å². The third kappa shape index (κ3) is 2.34. The molecule has 0 aromatic heterocycles. The lowest BCUT2D eigenvalue weighted by molar-refractivity contribution is 1.49. The quantitative estimate of drug-likeness (QED) is 0.620. The molecule has 93 valence electrons. The van der Waals surface area contributed by atoms with E-state index in [0.29, 0.717) is 0 Å². The molecule has 0 aliphatic heterocycles. The van der Waals surface area contributed by atoms with Gasteiger partial charge in [-0.15, -0.1) is 0 Å². The fourth-order valence-electron chi connectivity index (χ4n) is 2.59. The van der Waals surface area contributed by atoms with Crippen LogP contribution in [0.5, 0.6) is 0 Å². The first-order valence-electron chi connectivity index (χ1n) is 6.64. The van der Waals surface area contributed by atoms with E-state index in [1.807, 2.05) is 0 Å². The topological polar surface area (TPSA) is 0 Å².